The summed E-state index contributed by atoms with van der Waals surface area (Å²) in [6.45, 7) is 7.59. The van der Waals surface area contributed by atoms with Crippen molar-refractivity contribution in [3.8, 4) is 17.2 Å². The van der Waals surface area contributed by atoms with Crippen molar-refractivity contribution >= 4 is 28.8 Å². The second-order valence-electron chi connectivity index (χ2n) is 10.8. The number of benzene rings is 3. The van der Waals surface area contributed by atoms with Crippen LogP contribution in [0, 0.1) is 5.92 Å². The number of esters is 1. The fraction of sp³-hybridized carbons (Fsp3) is 0.250. The summed E-state index contributed by atoms with van der Waals surface area (Å²) in [5.41, 5.74) is -0.794. The average Bonchev–Trinajstić information content (AvgIpc) is 3.17. The van der Waals surface area contributed by atoms with Crippen molar-refractivity contribution in [3.05, 3.63) is 98.9 Å². The van der Waals surface area contributed by atoms with Gasteiger partial charge in [0.2, 0.25) is 11.2 Å². The Morgan fingerprint density at radius 1 is 0.907 bits per heavy atom. The van der Waals surface area contributed by atoms with E-state index in [-0.39, 0.29) is 52.0 Å². The molecule has 0 radical (unpaired) electrons. The van der Waals surface area contributed by atoms with Crippen LogP contribution in [-0.2, 0) is 6.18 Å². The minimum Gasteiger partial charge on any atom is -0.449 e. The standard InChI is InChI=1S/C32H26F3NO7/c1-16(2)15-36-29(38)21-11-9-18(13-23(21)30(36)39)31(40)41-19-10-12-22-25(14-19)43-28(32(33,34)35)27(26(22)37)42-24-8-6-5-7-20(24)17(3)4/h5-14,16-17H,15H2,1-4H3. The van der Waals surface area contributed by atoms with Crippen LogP contribution in [0.5, 0.6) is 17.2 Å². The lowest BCUT2D eigenvalue weighted by Gasteiger charge is -2.16. The molecule has 0 fully saturated rings. The number of carbonyl (C=O) groups is 3. The molecule has 4 aromatic rings. The first kappa shape index (κ1) is 29.6. The van der Waals surface area contributed by atoms with E-state index in [1.807, 2.05) is 27.7 Å². The summed E-state index contributed by atoms with van der Waals surface area (Å²) in [6.07, 6.45) is -5.08. The van der Waals surface area contributed by atoms with Crippen molar-refractivity contribution in [2.75, 3.05) is 6.54 Å². The molecule has 1 aliphatic rings. The van der Waals surface area contributed by atoms with Crippen LogP contribution in [0.15, 0.2) is 69.9 Å². The summed E-state index contributed by atoms with van der Waals surface area (Å²) in [6, 6.07) is 13.7. The fourth-order valence-electron chi connectivity index (χ4n) is 4.77. The summed E-state index contributed by atoms with van der Waals surface area (Å²) in [4.78, 5) is 52.6. The lowest BCUT2D eigenvalue weighted by Crippen LogP contribution is -2.33. The highest BCUT2D eigenvalue weighted by Crippen LogP contribution is 2.40. The van der Waals surface area contributed by atoms with Crippen LogP contribution >= 0.6 is 0 Å². The van der Waals surface area contributed by atoms with Gasteiger partial charge in [-0.05, 0) is 53.8 Å². The maximum Gasteiger partial charge on any atom is 0.453 e. The Bertz CT molecular complexity index is 1840. The quantitative estimate of drug-likeness (QED) is 0.127. The molecular formula is C32H26F3NO7. The van der Waals surface area contributed by atoms with E-state index in [1.165, 1.54) is 36.4 Å². The van der Waals surface area contributed by atoms with Gasteiger partial charge in [0.25, 0.3) is 17.6 Å². The summed E-state index contributed by atoms with van der Waals surface area (Å²) in [5.74, 6) is -4.78. The third-order valence-electron chi connectivity index (χ3n) is 6.80. The highest BCUT2D eigenvalue weighted by atomic mass is 19.4. The number of alkyl halides is 3. The molecule has 11 heteroatoms. The van der Waals surface area contributed by atoms with Crippen LogP contribution in [0.3, 0.4) is 0 Å². The number of nitrogens with zero attached hydrogens (tertiary/aromatic N) is 1. The Hall–Kier alpha value is -4.93. The third-order valence-corrected chi connectivity index (χ3v) is 6.80. The zero-order valence-electron chi connectivity index (χ0n) is 23.6. The van der Waals surface area contributed by atoms with E-state index in [4.69, 9.17) is 13.9 Å². The third kappa shape index (κ3) is 5.62. The van der Waals surface area contributed by atoms with E-state index >= 15 is 0 Å². The number of imide groups is 1. The molecule has 1 aliphatic heterocycles. The molecule has 3 aromatic carbocycles. The number of carbonyl (C=O) groups excluding carboxylic acids is 3. The number of halogens is 3. The van der Waals surface area contributed by atoms with Crippen LogP contribution < -0.4 is 14.9 Å². The number of fused-ring (bicyclic) bond motifs is 2. The van der Waals surface area contributed by atoms with Gasteiger partial charge in [-0.2, -0.15) is 13.2 Å². The van der Waals surface area contributed by atoms with Gasteiger partial charge in [-0.1, -0.05) is 45.9 Å². The number of ether oxygens (including phenoxy) is 2. The molecule has 0 unspecified atom stereocenters. The van der Waals surface area contributed by atoms with Crippen LogP contribution in [-0.4, -0.2) is 29.2 Å². The Kier molecular flexibility index (Phi) is 7.59. The number of para-hydroxylation sites is 1. The molecule has 0 bridgehead atoms. The van der Waals surface area contributed by atoms with Gasteiger partial charge in [0.1, 0.15) is 17.1 Å². The van der Waals surface area contributed by atoms with Gasteiger partial charge < -0.3 is 13.9 Å². The predicted octanol–water partition coefficient (Wildman–Crippen LogP) is 7.20. The molecule has 2 amide bonds. The van der Waals surface area contributed by atoms with Crippen LogP contribution in [0.25, 0.3) is 11.0 Å². The van der Waals surface area contributed by atoms with Crippen molar-refractivity contribution in [3.63, 3.8) is 0 Å². The van der Waals surface area contributed by atoms with E-state index in [0.717, 1.165) is 11.0 Å². The van der Waals surface area contributed by atoms with E-state index in [0.29, 0.717) is 5.56 Å². The first-order valence-corrected chi connectivity index (χ1v) is 13.4. The summed E-state index contributed by atoms with van der Waals surface area (Å²) >= 11 is 0. The van der Waals surface area contributed by atoms with Crippen molar-refractivity contribution < 1.29 is 41.4 Å². The Balaban J connectivity index is 1.47. The summed E-state index contributed by atoms with van der Waals surface area (Å²) in [7, 11) is 0. The molecule has 1 aromatic heterocycles. The van der Waals surface area contributed by atoms with Gasteiger partial charge in [0.15, 0.2) is 0 Å². The molecule has 8 nitrogen and oxygen atoms in total. The topological polar surface area (TPSA) is 103 Å². The normalized spacial score (nSPS) is 13.3. The molecule has 0 saturated carbocycles. The highest BCUT2D eigenvalue weighted by molar-refractivity contribution is 6.22. The average molecular weight is 594 g/mol. The zero-order chi connectivity index (χ0) is 31.2. The first-order chi connectivity index (χ1) is 20.3. The Labute approximate surface area is 243 Å². The van der Waals surface area contributed by atoms with Crippen LogP contribution in [0.4, 0.5) is 13.2 Å². The van der Waals surface area contributed by atoms with Crippen LogP contribution in [0.2, 0.25) is 0 Å². The van der Waals surface area contributed by atoms with Crippen LogP contribution in [0.1, 0.15) is 76.0 Å². The Morgan fingerprint density at radius 3 is 2.28 bits per heavy atom. The highest BCUT2D eigenvalue weighted by Gasteiger charge is 2.41. The molecule has 0 aliphatic carbocycles. The van der Waals surface area contributed by atoms with Crippen molar-refractivity contribution in [1.29, 1.82) is 0 Å². The first-order valence-electron chi connectivity index (χ1n) is 13.4. The molecule has 0 atom stereocenters. The van der Waals surface area contributed by atoms with Gasteiger partial charge in [0.05, 0.1) is 22.1 Å². The zero-order valence-corrected chi connectivity index (χ0v) is 23.6. The number of rotatable bonds is 7. The van der Waals surface area contributed by atoms with E-state index in [9.17, 15) is 32.3 Å². The molecule has 0 spiro atoms. The number of hydrogen-bond donors (Lipinski definition) is 0. The fourth-order valence-corrected chi connectivity index (χ4v) is 4.77. The smallest absolute Gasteiger partial charge is 0.449 e. The SMILES string of the molecule is CC(C)CN1C(=O)c2ccc(C(=O)Oc3ccc4c(=O)c(Oc5ccccc5C(C)C)c(C(F)(F)F)oc4c3)cc2C1=O. The number of amides is 2. The molecular weight excluding hydrogens is 567 g/mol. The predicted molar refractivity (Wildman–Crippen MR) is 150 cm³/mol. The van der Waals surface area contributed by atoms with Crippen molar-refractivity contribution in [2.24, 2.45) is 5.92 Å². The van der Waals surface area contributed by atoms with E-state index < -0.39 is 46.5 Å². The summed E-state index contributed by atoms with van der Waals surface area (Å²) < 4.78 is 58.2. The van der Waals surface area contributed by atoms with Gasteiger partial charge in [0, 0.05) is 12.6 Å². The van der Waals surface area contributed by atoms with Crippen molar-refractivity contribution in [2.45, 2.75) is 39.8 Å². The molecule has 222 valence electrons. The van der Waals surface area contributed by atoms with E-state index in [1.54, 1.807) is 18.2 Å². The van der Waals surface area contributed by atoms with Gasteiger partial charge in [-0.25, -0.2) is 4.79 Å². The van der Waals surface area contributed by atoms with E-state index in [2.05, 4.69) is 0 Å². The second kappa shape index (κ2) is 11.0. The summed E-state index contributed by atoms with van der Waals surface area (Å²) in [5, 5.41) is -0.225. The largest absolute Gasteiger partial charge is 0.453 e. The second-order valence-corrected chi connectivity index (χ2v) is 10.8. The maximum absolute atomic E-state index is 14.1. The Morgan fingerprint density at radius 2 is 1.60 bits per heavy atom. The minimum atomic E-state index is -5.08. The molecule has 43 heavy (non-hydrogen) atoms. The molecule has 0 saturated heterocycles. The van der Waals surface area contributed by atoms with Crippen molar-refractivity contribution in [1.82, 2.24) is 4.90 Å². The lowest BCUT2D eigenvalue weighted by atomic mass is 10.0. The maximum atomic E-state index is 14.1. The van der Waals surface area contributed by atoms with Gasteiger partial charge in [-0.3, -0.25) is 19.3 Å². The monoisotopic (exact) mass is 593 g/mol. The molecule has 5 rings (SSSR count). The van der Waals surface area contributed by atoms with Gasteiger partial charge in [-0.15, -0.1) is 0 Å². The molecule has 2 heterocycles. The van der Waals surface area contributed by atoms with Gasteiger partial charge >= 0.3 is 12.1 Å². The minimum absolute atomic E-state index is 0.0379. The molecule has 0 N–H and O–H groups in total. The lowest BCUT2D eigenvalue weighted by molar-refractivity contribution is -0.154. The number of hydrogen-bond acceptors (Lipinski definition) is 7.